The van der Waals surface area contributed by atoms with E-state index in [4.69, 9.17) is 37.4 Å². The fraction of sp³-hybridized carbons (Fsp3) is 0.188. The second kappa shape index (κ2) is 7.94. The fourth-order valence-electron chi connectivity index (χ4n) is 1.81. The SMILES string of the molecule is COc1cc(OC)cc(OCC(=O)Nc2c(Cl)cccc2Cl)c1. The molecule has 0 aromatic heterocycles. The van der Waals surface area contributed by atoms with Gasteiger partial charge in [-0.2, -0.15) is 0 Å². The third-order valence-corrected chi connectivity index (χ3v) is 3.55. The predicted molar refractivity (Wildman–Crippen MR) is 90.1 cm³/mol. The Hall–Kier alpha value is -2.11. The van der Waals surface area contributed by atoms with Crippen LogP contribution in [0.2, 0.25) is 10.0 Å². The third-order valence-electron chi connectivity index (χ3n) is 2.92. The van der Waals surface area contributed by atoms with Crippen molar-refractivity contribution in [2.75, 3.05) is 26.1 Å². The zero-order chi connectivity index (χ0) is 16.8. The molecule has 0 heterocycles. The minimum atomic E-state index is -0.387. The molecule has 0 radical (unpaired) electrons. The van der Waals surface area contributed by atoms with E-state index in [2.05, 4.69) is 5.32 Å². The molecule has 0 saturated carbocycles. The molecule has 0 spiro atoms. The second-order valence-corrected chi connectivity index (χ2v) is 5.30. The average molecular weight is 356 g/mol. The fourth-order valence-corrected chi connectivity index (χ4v) is 2.30. The Bertz CT molecular complexity index is 664. The lowest BCUT2D eigenvalue weighted by Crippen LogP contribution is -2.20. The smallest absolute Gasteiger partial charge is 0.262 e. The van der Waals surface area contributed by atoms with Gasteiger partial charge in [0, 0.05) is 18.2 Å². The molecule has 0 atom stereocenters. The van der Waals surface area contributed by atoms with Crippen molar-refractivity contribution >= 4 is 34.8 Å². The highest BCUT2D eigenvalue weighted by Crippen LogP contribution is 2.30. The monoisotopic (exact) mass is 355 g/mol. The van der Waals surface area contributed by atoms with Crippen molar-refractivity contribution < 1.29 is 19.0 Å². The van der Waals surface area contributed by atoms with Crippen LogP contribution in [-0.2, 0) is 4.79 Å². The van der Waals surface area contributed by atoms with Crippen LogP contribution in [0.15, 0.2) is 36.4 Å². The van der Waals surface area contributed by atoms with Crippen LogP contribution in [0.25, 0.3) is 0 Å². The lowest BCUT2D eigenvalue weighted by atomic mass is 10.3. The van der Waals surface area contributed by atoms with Crippen LogP contribution in [0.4, 0.5) is 5.69 Å². The van der Waals surface area contributed by atoms with E-state index in [-0.39, 0.29) is 12.5 Å². The Labute approximate surface area is 144 Å². The maximum absolute atomic E-state index is 12.0. The van der Waals surface area contributed by atoms with Crippen molar-refractivity contribution in [3.63, 3.8) is 0 Å². The number of benzene rings is 2. The Morgan fingerprint density at radius 3 is 2.04 bits per heavy atom. The standard InChI is InChI=1S/C16H15Cl2NO4/c1-21-10-6-11(22-2)8-12(7-10)23-9-15(20)19-16-13(17)4-3-5-14(16)18/h3-8H,9H2,1-2H3,(H,19,20). The van der Waals surface area contributed by atoms with Gasteiger partial charge < -0.3 is 19.5 Å². The summed E-state index contributed by atoms with van der Waals surface area (Å²) >= 11 is 12.0. The predicted octanol–water partition coefficient (Wildman–Crippen LogP) is 4.03. The summed E-state index contributed by atoms with van der Waals surface area (Å²) in [5.74, 6) is 1.19. The first-order valence-electron chi connectivity index (χ1n) is 6.63. The van der Waals surface area contributed by atoms with Gasteiger partial charge in [-0.15, -0.1) is 0 Å². The number of anilines is 1. The van der Waals surface area contributed by atoms with Crippen molar-refractivity contribution in [2.24, 2.45) is 0 Å². The molecule has 7 heteroatoms. The molecule has 0 aliphatic heterocycles. The zero-order valence-electron chi connectivity index (χ0n) is 12.6. The van der Waals surface area contributed by atoms with Gasteiger partial charge in [0.1, 0.15) is 17.2 Å². The van der Waals surface area contributed by atoms with E-state index in [0.717, 1.165) is 0 Å². The Kier molecular flexibility index (Phi) is 5.96. The van der Waals surface area contributed by atoms with Crippen molar-refractivity contribution in [3.05, 3.63) is 46.4 Å². The average Bonchev–Trinajstić information content (AvgIpc) is 2.56. The molecule has 5 nitrogen and oxygen atoms in total. The normalized spacial score (nSPS) is 10.1. The molecule has 0 unspecified atom stereocenters. The first-order chi connectivity index (χ1) is 11.0. The van der Waals surface area contributed by atoms with Crippen molar-refractivity contribution in [3.8, 4) is 17.2 Å². The lowest BCUT2D eigenvalue weighted by molar-refractivity contribution is -0.118. The van der Waals surface area contributed by atoms with Crippen molar-refractivity contribution in [1.29, 1.82) is 0 Å². The highest BCUT2D eigenvalue weighted by molar-refractivity contribution is 6.39. The van der Waals surface area contributed by atoms with Crippen molar-refractivity contribution in [1.82, 2.24) is 0 Å². The van der Waals surface area contributed by atoms with Gasteiger partial charge in [0.15, 0.2) is 6.61 Å². The Balaban J connectivity index is 2.02. The molecule has 1 N–H and O–H groups in total. The molecule has 2 aromatic rings. The molecule has 0 bridgehead atoms. The quantitative estimate of drug-likeness (QED) is 0.849. The Morgan fingerprint density at radius 2 is 1.52 bits per heavy atom. The van der Waals surface area contributed by atoms with E-state index in [1.54, 1.807) is 36.4 Å². The summed E-state index contributed by atoms with van der Waals surface area (Å²) in [6, 6.07) is 9.97. The minimum absolute atomic E-state index is 0.210. The van der Waals surface area contributed by atoms with Crippen molar-refractivity contribution in [2.45, 2.75) is 0 Å². The van der Waals surface area contributed by atoms with E-state index < -0.39 is 0 Å². The van der Waals surface area contributed by atoms with Crippen LogP contribution in [-0.4, -0.2) is 26.7 Å². The molecule has 0 saturated heterocycles. The van der Waals surface area contributed by atoms with Gasteiger partial charge in [0.05, 0.1) is 30.0 Å². The number of ether oxygens (including phenoxy) is 3. The number of hydrogen-bond acceptors (Lipinski definition) is 4. The van der Waals surface area contributed by atoms with Crippen LogP contribution in [0, 0.1) is 0 Å². The van der Waals surface area contributed by atoms with Crippen LogP contribution in [0.3, 0.4) is 0 Å². The van der Waals surface area contributed by atoms with Gasteiger partial charge in [-0.3, -0.25) is 4.79 Å². The maximum atomic E-state index is 12.0. The summed E-state index contributed by atoms with van der Waals surface area (Å²) in [6.07, 6.45) is 0. The van der Waals surface area contributed by atoms with Gasteiger partial charge in [-0.05, 0) is 12.1 Å². The first-order valence-corrected chi connectivity index (χ1v) is 7.39. The van der Waals surface area contributed by atoms with E-state index in [9.17, 15) is 4.79 Å². The number of carbonyl (C=O) groups is 1. The molecule has 23 heavy (non-hydrogen) atoms. The summed E-state index contributed by atoms with van der Waals surface area (Å²) in [6.45, 7) is -0.210. The minimum Gasteiger partial charge on any atom is -0.496 e. The number of amides is 1. The zero-order valence-corrected chi connectivity index (χ0v) is 14.1. The highest BCUT2D eigenvalue weighted by atomic mass is 35.5. The molecular formula is C16H15Cl2NO4. The molecule has 122 valence electrons. The van der Waals surface area contributed by atoms with Crippen LogP contribution in [0.5, 0.6) is 17.2 Å². The number of methoxy groups -OCH3 is 2. The topological polar surface area (TPSA) is 56.8 Å². The molecule has 0 fully saturated rings. The van der Waals surface area contributed by atoms with Gasteiger partial charge in [0.25, 0.3) is 5.91 Å². The number of halogens is 2. The van der Waals surface area contributed by atoms with Gasteiger partial charge in [0.2, 0.25) is 0 Å². The molecule has 1 amide bonds. The third kappa shape index (κ3) is 4.68. The highest BCUT2D eigenvalue weighted by Gasteiger charge is 2.11. The largest absolute Gasteiger partial charge is 0.496 e. The molecule has 2 rings (SSSR count). The second-order valence-electron chi connectivity index (χ2n) is 4.48. The van der Waals surface area contributed by atoms with Gasteiger partial charge in [-0.25, -0.2) is 0 Å². The molecule has 0 aliphatic carbocycles. The summed E-state index contributed by atoms with van der Waals surface area (Å²) in [7, 11) is 3.06. The number of hydrogen-bond donors (Lipinski definition) is 1. The molecule has 0 aliphatic rings. The number of carbonyl (C=O) groups excluding carboxylic acids is 1. The van der Waals surface area contributed by atoms with E-state index in [0.29, 0.717) is 33.0 Å². The van der Waals surface area contributed by atoms with Crippen LogP contribution < -0.4 is 19.5 Å². The summed E-state index contributed by atoms with van der Waals surface area (Å²) in [4.78, 5) is 12.0. The number of nitrogens with one attached hydrogen (secondary N) is 1. The molecular weight excluding hydrogens is 341 g/mol. The summed E-state index contributed by atoms with van der Waals surface area (Å²) in [5, 5.41) is 3.33. The number of rotatable bonds is 6. The van der Waals surface area contributed by atoms with E-state index in [1.165, 1.54) is 14.2 Å². The van der Waals surface area contributed by atoms with Gasteiger partial charge in [-0.1, -0.05) is 29.3 Å². The summed E-state index contributed by atoms with van der Waals surface area (Å²) < 4.78 is 15.7. The van der Waals surface area contributed by atoms with Gasteiger partial charge >= 0.3 is 0 Å². The van der Waals surface area contributed by atoms with Crippen LogP contribution in [0.1, 0.15) is 0 Å². The maximum Gasteiger partial charge on any atom is 0.262 e. The van der Waals surface area contributed by atoms with E-state index in [1.807, 2.05) is 0 Å². The van der Waals surface area contributed by atoms with Crippen LogP contribution >= 0.6 is 23.2 Å². The molecule has 2 aromatic carbocycles. The van der Waals surface area contributed by atoms with E-state index >= 15 is 0 Å². The first kappa shape index (κ1) is 17.2. The Morgan fingerprint density at radius 1 is 1.00 bits per heavy atom. The summed E-state index contributed by atoms with van der Waals surface area (Å²) in [5.41, 5.74) is 0.354. The number of para-hydroxylation sites is 1. The lowest BCUT2D eigenvalue weighted by Gasteiger charge is -2.11.